The van der Waals surface area contributed by atoms with Crippen molar-refractivity contribution in [3.05, 3.63) is 10.4 Å². The molecule has 0 aliphatic carbocycles. The molecule has 0 spiro atoms. The summed E-state index contributed by atoms with van der Waals surface area (Å²) in [7, 11) is 0. The van der Waals surface area contributed by atoms with Crippen LogP contribution in [0, 0.1) is 0 Å². The van der Waals surface area contributed by atoms with Crippen LogP contribution in [0.25, 0.3) is 10.4 Å². The number of carbonyl (C=O) groups excluding carboxylic acids is 2. The standard InChI is InChI=1S/C13H22N4O3/c1-9-6-5-7-10(15-16-14)12(19)17(9)8-11(18)20-13(2,3)4/h9-10H,5-8H2,1-4H3. The third kappa shape index (κ3) is 4.74. The summed E-state index contributed by atoms with van der Waals surface area (Å²) in [6.45, 7) is 7.12. The minimum atomic E-state index is -0.715. The Kier molecular flexibility index (Phi) is 5.39. The van der Waals surface area contributed by atoms with Gasteiger partial charge in [-0.2, -0.15) is 0 Å². The van der Waals surface area contributed by atoms with Gasteiger partial charge in [-0.3, -0.25) is 9.59 Å². The van der Waals surface area contributed by atoms with Crippen molar-refractivity contribution in [1.29, 1.82) is 0 Å². The van der Waals surface area contributed by atoms with Crippen LogP contribution in [0.5, 0.6) is 0 Å². The van der Waals surface area contributed by atoms with Crippen molar-refractivity contribution in [3.8, 4) is 0 Å². The zero-order valence-electron chi connectivity index (χ0n) is 12.5. The minimum Gasteiger partial charge on any atom is -0.459 e. The summed E-state index contributed by atoms with van der Waals surface area (Å²) in [6, 6.07) is -0.777. The monoisotopic (exact) mass is 282 g/mol. The molecule has 0 aromatic rings. The predicted octanol–water partition coefficient (Wildman–Crippen LogP) is 2.41. The van der Waals surface area contributed by atoms with Gasteiger partial charge in [-0.25, -0.2) is 0 Å². The molecular formula is C13H22N4O3. The topological polar surface area (TPSA) is 95.4 Å². The summed E-state index contributed by atoms with van der Waals surface area (Å²) >= 11 is 0. The highest BCUT2D eigenvalue weighted by Gasteiger charge is 2.32. The van der Waals surface area contributed by atoms with E-state index in [0.717, 1.165) is 12.8 Å². The molecule has 0 aromatic carbocycles. The number of rotatable bonds is 3. The van der Waals surface area contributed by atoms with E-state index < -0.39 is 17.6 Å². The van der Waals surface area contributed by atoms with Crippen LogP contribution in [0.1, 0.15) is 47.0 Å². The van der Waals surface area contributed by atoms with Crippen molar-refractivity contribution in [2.24, 2.45) is 5.11 Å². The molecule has 2 unspecified atom stereocenters. The van der Waals surface area contributed by atoms with Gasteiger partial charge >= 0.3 is 5.97 Å². The van der Waals surface area contributed by atoms with E-state index in [0.29, 0.717) is 6.42 Å². The second kappa shape index (κ2) is 6.61. The molecule has 112 valence electrons. The second-order valence-corrected chi connectivity index (χ2v) is 6.05. The molecule has 0 aromatic heterocycles. The lowest BCUT2D eigenvalue weighted by atomic mass is 10.1. The van der Waals surface area contributed by atoms with E-state index >= 15 is 0 Å². The van der Waals surface area contributed by atoms with Crippen molar-refractivity contribution in [3.63, 3.8) is 0 Å². The predicted molar refractivity (Wildman–Crippen MR) is 73.8 cm³/mol. The van der Waals surface area contributed by atoms with E-state index in [1.807, 2.05) is 6.92 Å². The number of nitrogens with zero attached hydrogens (tertiary/aromatic N) is 4. The van der Waals surface area contributed by atoms with Crippen LogP contribution < -0.4 is 0 Å². The van der Waals surface area contributed by atoms with Crippen LogP contribution in [-0.4, -0.2) is 41.0 Å². The number of amides is 1. The zero-order valence-corrected chi connectivity index (χ0v) is 12.5. The molecule has 2 atom stereocenters. The lowest BCUT2D eigenvalue weighted by Crippen LogP contribution is -2.46. The Morgan fingerprint density at radius 2 is 2.15 bits per heavy atom. The minimum absolute atomic E-state index is 0.0612. The molecule has 0 saturated carbocycles. The third-order valence-corrected chi connectivity index (χ3v) is 3.11. The first kappa shape index (κ1) is 16.3. The number of ether oxygens (including phenoxy) is 1. The molecule has 1 heterocycles. The highest BCUT2D eigenvalue weighted by atomic mass is 16.6. The van der Waals surface area contributed by atoms with Gasteiger partial charge in [-0.05, 0) is 46.1 Å². The van der Waals surface area contributed by atoms with Crippen LogP contribution >= 0.6 is 0 Å². The highest BCUT2D eigenvalue weighted by Crippen LogP contribution is 2.20. The lowest BCUT2D eigenvalue weighted by molar-refractivity contribution is -0.160. The number of esters is 1. The number of hydrogen-bond acceptors (Lipinski definition) is 4. The summed E-state index contributed by atoms with van der Waals surface area (Å²) in [6.07, 6.45) is 2.10. The van der Waals surface area contributed by atoms with Gasteiger partial charge in [0.2, 0.25) is 5.91 Å². The Hall–Kier alpha value is -1.75. The first-order chi connectivity index (χ1) is 9.24. The SMILES string of the molecule is CC1CCCC(N=[N+]=[N-])C(=O)N1CC(=O)OC(C)(C)C. The van der Waals surface area contributed by atoms with Crippen LogP contribution in [0.3, 0.4) is 0 Å². The van der Waals surface area contributed by atoms with E-state index in [1.54, 1.807) is 20.8 Å². The second-order valence-electron chi connectivity index (χ2n) is 6.05. The van der Waals surface area contributed by atoms with Crippen molar-refractivity contribution in [1.82, 2.24) is 4.90 Å². The largest absolute Gasteiger partial charge is 0.459 e. The molecule has 0 bridgehead atoms. The van der Waals surface area contributed by atoms with Crippen molar-refractivity contribution in [2.75, 3.05) is 6.54 Å². The molecule has 7 heteroatoms. The Morgan fingerprint density at radius 1 is 1.50 bits per heavy atom. The zero-order chi connectivity index (χ0) is 15.3. The smallest absolute Gasteiger partial charge is 0.326 e. The fourth-order valence-electron chi connectivity index (χ4n) is 2.21. The Morgan fingerprint density at radius 3 is 2.70 bits per heavy atom. The van der Waals surface area contributed by atoms with Crippen molar-refractivity contribution < 1.29 is 14.3 Å². The van der Waals surface area contributed by atoms with E-state index in [-0.39, 0.29) is 18.5 Å². The fourth-order valence-corrected chi connectivity index (χ4v) is 2.21. The molecule has 0 radical (unpaired) electrons. The van der Waals surface area contributed by atoms with Gasteiger partial charge in [0.05, 0.1) is 0 Å². The van der Waals surface area contributed by atoms with Gasteiger partial charge in [-0.15, -0.1) is 0 Å². The number of likely N-dealkylation sites (tertiary alicyclic amines) is 1. The van der Waals surface area contributed by atoms with Gasteiger partial charge < -0.3 is 9.64 Å². The van der Waals surface area contributed by atoms with Crippen LogP contribution in [0.2, 0.25) is 0 Å². The average molecular weight is 282 g/mol. The fraction of sp³-hybridized carbons (Fsp3) is 0.846. The Bertz CT molecular complexity index is 424. The van der Waals surface area contributed by atoms with Gasteiger partial charge in [0.15, 0.2) is 0 Å². The van der Waals surface area contributed by atoms with Crippen LogP contribution in [0.4, 0.5) is 0 Å². The van der Waals surface area contributed by atoms with Gasteiger partial charge in [-0.1, -0.05) is 11.5 Å². The number of azide groups is 1. The van der Waals surface area contributed by atoms with Crippen LogP contribution in [-0.2, 0) is 14.3 Å². The van der Waals surface area contributed by atoms with E-state index in [1.165, 1.54) is 4.90 Å². The summed E-state index contributed by atoms with van der Waals surface area (Å²) < 4.78 is 5.24. The molecule has 0 N–H and O–H groups in total. The molecule has 1 rings (SSSR count). The average Bonchev–Trinajstić information content (AvgIpc) is 2.42. The van der Waals surface area contributed by atoms with Gasteiger partial charge in [0.1, 0.15) is 18.2 Å². The Labute approximate surface area is 118 Å². The maximum absolute atomic E-state index is 12.3. The first-order valence-corrected chi connectivity index (χ1v) is 6.81. The van der Waals surface area contributed by atoms with Gasteiger partial charge in [0.25, 0.3) is 0 Å². The normalized spacial score (nSPS) is 23.8. The number of hydrogen-bond donors (Lipinski definition) is 0. The summed E-state index contributed by atoms with van der Waals surface area (Å²) in [4.78, 5) is 28.3. The summed E-state index contributed by atoms with van der Waals surface area (Å²) in [5.74, 6) is -0.738. The number of carbonyl (C=O) groups is 2. The third-order valence-electron chi connectivity index (χ3n) is 3.11. The van der Waals surface area contributed by atoms with Crippen molar-refractivity contribution in [2.45, 2.75) is 64.6 Å². The molecule has 1 aliphatic heterocycles. The molecule has 7 nitrogen and oxygen atoms in total. The van der Waals surface area contributed by atoms with Crippen LogP contribution in [0.15, 0.2) is 5.11 Å². The van der Waals surface area contributed by atoms with Gasteiger partial charge in [0, 0.05) is 11.0 Å². The highest BCUT2D eigenvalue weighted by molar-refractivity contribution is 5.86. The van der Waals surface area contributed by atoms with E-state index in [9.17, 15) is 9.59 Å². The maximum atomic E-state index is 12.3. The molecule has 1 saturated heterocycles. The molecule has 20 heavy (non-hydrogen) atoms. The van der Waals surface area contributed by atoms with E-state index in [2.05, 4.69) is 10.0 Å². The maximum Gasteiger partial charge on any atom is 0.326 e. The lowest BCUT2D eigenvalue weighted by Gasteiger charge is -2.29. The quantitative estimate of drug-likeness (QED) is 0.344. The molecule has 1 amide bonds. The van der Waals surface area contributed by atoms with E-state index in [4.69, 9.17) is 10.3 Å². The first-order valence-electron chi connectivity index (χ1n) is 6.81. The Balaban J connectivity index is 2.80. The summed E-state index contributed by atoms with van der Waals surface area (Å²) in [5, 5.41) is 3.53. The molecule has 1 fully saturated rings. The van der Waals surface area contributed by atoms with Crippen molar-refractivity contribution >= 4 is 11.9 Å². The summed E-state index contributed by atoms with van der Waals surface area (Å²) in [5.41, 5.74) is 7.93. The molecular weight excluding hydrogens is 260 g/mol. The molecule has 1 aliphatic rings.